The van der Waals surface area contributed by atoms with Gasteiger partial charge in [-0.2, -0.15) is 0 Å². The molecular weight excluding hydrogens is 299 g/mol. The molecule has 3 amide bonds. The van der Waals surface area contributed by atoms with Gasteiger partial charge in [-0.1, -0.05) is 0 Å². The summed E-state index contributed by atoms with van der Waals surface area (Å²) in [6.07, 6.45) is 2.01. The van der Waals surface area contributed by atoms with Gasteiger partial charge in [-0.25, -0.2) is 9.18 Å². The summed E-state index contributed by atoms with van der Waals surface area (Å²) in [6, 6.07) is 4.12. The van der Waals surface area contributed by atoms with E-state index in [2.05, 4.69) is 16.0 Å². The Labute approximate surface area is 133 Å². The van der Waals surface area contributed by atoms with E-state index in [1.807, 2.05) is 0 Å². The van der Waals surface area contributed by atoms with E-state index in [0.29, 0.717) is 16.7 Å². The van der Waals surface area contributed by atoms with Gasteiger partial charge in [0.1, 0.15) is 12.4 Å². The minimum atomic E-state index is -0.349. The molecule has 0 radical (unpaired) electrons. The quantitative estimate of drug-likeness (QED) is 0.780. The van der Waals surface area contributed by atoms with Crippen LogP contribution in [0.5, 0.6) is 0 Å². The number of nitrogens with zero attached hydrogens (tertiary/aromatic N) is 1. The number of amides is 3. The van der Waals surface area contributed by atoms with Gasteiger partial charge in [-0.3, -0.25) is 4.79 Å². The molecule has 23 heavy (non-hydrogen) atoms. The summed E-state index contributed by atoms with van der Waals surface area (Å²) in [5.41, 5.74) is 1.68. The first-order valence-corrected chi connectivity index (χ1v) is 7.87. The molecule has 0 aromatic heterocycles. The van der Waals surface area contributed by atoms with Gasteiger partial charge >= 0.3 is 6.03 Å². The second kappa shape index (κ2) is 5.19. The highest BCUT2D eigenvalue weighted by Crippen LogP contribution is 2.44. The van der Waals surface area contributed by atoms with Crippen LogP contribution in [0.2, 0.25) is 0 Å². The van der Waals surface area contributed by atoms with Gasteiger partial charge in [-0.05, 0) is 42.0 Å². The van der Waals surface area contributed by atoms with Crippen molar-refractivity contribution < 1.29 is 14.0 Å². The normalized spacial score (nSPS) is 22.0. The average molecular weight is 318 g/mol. The molecule has 1 spiro atoms. The van der Waals surface area contributed by atoms with Crippen LogP contribution in [0.4, 0.5) is 14.9 Å². The molecule has 0 unspecified atom stereocenters. The van der Waals surface area contributed by atoms with Crippen LogP contribution in [0.25, 0.3) is 0 Å². The Morgan fingerprint density at radius 2 is 2.17 bits per heavy atom. The molecule has 3 N–H and O–H groups in total. The van der Waals surface area contributed by atoms with Gasteiger partial charge in [0.15, 0.2) is 0 Å². The molecule has 7 heteroatoms. The van der Waals surface area contributed by atoms with Crippen molar-refractivity contribution >= 4 is 17.6 Å². The maximum Gasteiger partial charge on any atom is 0.322 e. The van der Waals surface area contributed by atoms with Gasteiger partial charge in [0.05, 0.1) is 6.54 Å². The molecule has 1 saturated heterocycles. The third kappa shape index (κ3) is 2.65. The van der Waals surface area contributed by atoms with Gasteiger partial charge in [0, 0.05) is 24.8 Å². The SMILES string of the molecule is O=C(CN1Cc2cc(F)ccc2NC1=O)NC1CC2(CNC2)C1. The zero-order chi connectivity index (χ0) is 16.0. The first-order chi connectivity index (χ1) is 11.0. The van der Waals surface area contributed by atoms with E-state index < -0.39 is 0 Å². The van der Waals surface area contributed by atoms with Gasteiger partial charge < -0.3 is 20.9 Å². The fourth-order valence-corrected chi connectivity index (χ4v) is 3.72. The topological polar surface area (TPSA) is 73.5 Å². The predicted octanol–water partition coefficient (Wildman–Crippen LogP) is 1.04. The lowest BCUT2D eigenvalue weighted by Gasteiger charge is -2.54. The Kier molecular flexibility index (Phi) is 3.26. The van der Waals surface area contributed by atoms with Crippen LogP contribution in [0.1, 0.15) is 18.4 Å². The molecule has 6 nitrogen and oxygen atoms in total. The molecule has 0 bridgehead atoms. The largest absolute Gasteiger partial charge is 0.352 e. The van der Waals surface area contributed by atoms with Crippen molar-refractivity contribution in [3.05, 3.63) is 29.6 Å². The van der Waals surface area contributed by atoms with E-state index in [-0.39, 0.29) is 36.9 Å². The number of nitrogens with one attached hydrogen (secondary N) is 3. The molecule has 1 aliphatic carbocycles. The predicted molar refractivity (Wildman–Crippen MR) is 82.3 cm³/mol. The van der Waals surface area contributed by atoms with Crippen LogP contribution >= 0.6 is 0 Å². The van der Waals surface area contributed by atoms with Crippen molar-refractivity contribution in [3.63, 3.8) is 0 Å². The van der Waals surface area contributed by atoms with E-state index in [1.165, 1.54) is 17.0 Å². The lowest BCUT2D eigenvalue weighted by Crippen LogP contribution is -2.65. The average Bonchev–Trinajstić information content (AvgIpc) is 2.41. The highest BCUT2D eigenvalue weighted by atomic mass is 19.1. The molecule has 4 rings (SSSR count). The van der Waals surface area contributed by atoms with Crippen LogP contribution in [0.3, 0.4) is 0 Å². The van der Waals surface area contributed by atoms with E-state index in [1.54, 1.807) is 6.07 Å². The van der Waals surface area contributed by atoms with Gasteiger partial charge in [0.2, 0.25) is 5.91 Å². The summed E-state index contributed by atoms with van der Waals surface area (Å²) >= 11 is 0. The Bertz CT molecular complexity index is 666. The molecule has 1 saturated carbocycles. The minimum absolute atomic E-state index is 0.0104. The Hall–Kier alpha value is -2.15. The lowest BCUT2D eigenvalue weighted by molar-refractivity contribution is -0.124. The molecular formula is C16H19FN4O2. The summed E-state index contributed by atoms with van der Waals surface area (Å²) in [6.45, 7) is 2.31. The van der Waals surface area contributed by atoms with Gasteiger partial charge in [-0.15, -0.1) is 0 Å². The van der Waals surface area contributed by atoms with Crippen molar-refractivity contribution in [2.24, 2.45) is 5.41 Å². The van der Waals surface area contributed by atoms with Crippen LogP contribution in [0, 0.1) is 11.2 Å². The first-order valence-electron chi connectivity index (χ1n) is 7.87. The maximum absolute atomic E-state index is 13.3. The van der Waals surface area contributed by atoms with E-state index in [9.17, 15) is 14.0 Å². The smallest absolute Gasteiger partial charge is 0.322 e. The van der Waals surface area contributed by atoms with E-state index >= 15 is 0 Å². The zero-order valence-electron chi connectivity index (χ0n) is 12.7. The third-order valence-electron chi connectivity index (χ3n) is 5.02. The summed E-state index contributed by atoms with van der Waals surface area (Å²) in [4.78, 5) is 25.6. The maximum atomic E-state index is 13.3. The number of carbonyl (C=O) groups is 2. The van der Waals surface area contributed by atoms with Gasteiger partial charge in [0.25, 0.3) is 0 Å². The second-order valence-corrected chi connectivity index (χ2v) is 6.86. The highest BCUT2D eigenvalue weighted by molar-refractivity contribution is 5.94. The van der Waals surface area contributed by atoms with Crippen molar-refractivity contribution in [1.82, 2.24) is 15.5 Å². The van der Waals surface area contributed by atoms with E-state index in [4.69, 9.17) is 0 Å². The standard InChI is InChI=1S/C16H19FN4O2/c17-11-1-2-13-10(3-11)6-21(15(23)20-13)7-14(22)19-12-4-16(5-12)8-18-9-16/h1-3,12,18H,4-9H2,(H,19,22)(H,20,23). The minimum Gasteiger partial charge on any atom is -0.352 e. The highest BCUT2D eigenvalue weighted by Gasteiger charge is 2.48. The van der Waals surface area contributed by atoms with E-state index in [0.717, 1.165) is 25.9 Å². The molecule has 2 fully saturated rings. The third-order valence-corrected chi connectivity index (χ3v) is 5.02. The molecule has 1 aromatic carbocycles. The Morgan fingerprint density at radius 3 is 2.87 bits per heavy atom. The van der Waals surface area contributed by atoms with Crippen molar-refractivity contribution in [2.45, 2.75) is 25.4 Å². The van der Waals surface area contributed by atoms with Crippen LogP contribution in [-0.4, -0.2) is 42.5 Å². The lowest BCUT2D eigenvalue weighted by atomic mass is 9.62. The van der Waals surface area contributed by atoms with Crippen molar-refractivity contribution in [3.8, 4) is 0 Å². The van der Waals surface area contributed by atoms with Crippen LogP contribution in [0.15, 0.2) is 18.2 Å². The molecule has 2 heterocycles. The van der Waals surface area contributed by atoms with Crippen molar-refractivity contribution in [1.29, 1.82) is 0 Å². The number of carbonyl (C=O) groups excluding carboxylic acids is 2. The zero-order valence-corrected chi connectivity index (χ0v) is 12.7. The summed E-state index contributed by atoms with van der Waals surface area (Å²) in [5.74, 6) is -0.509. The molecule has 0 atom stereocenters. The molecule has 2 aliphatic heterocycles. The molecule has 3 aliphatic rings. The molecule has 122 valence electrons. The number of halogens is 1. The number of hydrogen-bond donors (Lipinski definition) is 3. The van der Waals surface area contributed by atoms with Crippen LogP contribution in [-0.2, 0) is 11.3 Å². The monoisotopic (exact) mass is 318 g/mol. The first kappa shape index (κ1) is 14.4. The summed E-state index contributed by atoms with van der Waals surface area (Å²) in [5, 5.41) is 8.93. The number of rotatable bonds is 3. The van der Waals surface area contributed by atoms with Crippen LogP contribution < -0.4 is 16.0 Å². The molecule has 1 aromatic rings. The number of benzene rings is 1. The summed E-state index contributed by atoms with van der Waals surface area (Å²) < 4.78 is 13.3. The number of urea groups is 1. The fraction of sp³-hybridized carbons (Fsp3) is 0.500. The second-order valence-electron chi connectivity index (χ2n) is 6.86. The Balaban J connectivity index is 1.33. The number of hydrogen-bond acceptors (Lipinski definition) is 3. The number of fused-ring (bicyclic) bond motifs is 1. The number of anilines is 1. The summed E-state index contributed by atoms with van der Waals surface area (Å²) in [7, 11) is 0. The Morgan fingerprint density at radius 1 is 1.39 bits per heavy atom. The van der Waals surface area contributed by atoms with Crippen molar-refractivity contribution in [2.75, 3.05) is 25.0 Å². The fourth-order valence-electron chi connectivity index (χ4n) is 3.72.